The van der Waals surface area contributed by atoms with Gasteiger partial charge in [-0.25, -0.2) is 4.98 Å². The molecule has 1 N–H and O–H groups in total. The van der Waals surface area contributed by atoms with E-state index in [1.165, 1.54) is 5.56 Å². The number of rotatable bonds is 5. The average Bonchev–Trinajstić information content (AvgIpc) is 2.81. The van der Waals surface area contributed by atoms with Gasteiger partial charge in [-0.15, -0.1) is 0 Å². The van der Waals surface area contributed by atoms with Crippen LogP contribution in [0.1, 0.15) is 24.2 Å². The first kappa shape index (κ1) is 12.8. The van der Waals surface area contributed by atoms with E-state index >= 15 is 0 Å². The lowest BCUT2D eigenvalue weighted by Gasteiger charge is -2.23. The van der Waals surface area contributed by atoms with Crippen molar-refractivity contribution in [3.05, 3.63) is 48.0 Å². The summed E-state index contributed by atoms with van der Waals surface area (Å²) in [5.74, 6) is 1.45. The molecular weight excluding hydrogens is 224 g/mol. The highest BCUT2D eigenvalue weighted by Crippen LogP contribution is 2.20. The SMILES string of the molecule is CNC(Cc1ncnn1C)C(C)c1ccccc1. The minimum absolute atomic E-state index is 0.357. The predicted molar refractivity (Wildman–Crippen MR) is 72.4 cm³/mol. The quantitative estimate of drug-likeness (QED) is 0.871. The number of hydrogen-bond acceptors (Lipinski definition) is 3. The van der Waals surface area contributed by atoms with E-state index < -0.39 is 0 Å². The van der Waals surface area contributed by atoms with Crippen molar-refractivity contribution in [3.8, 4) is 0 Å². The number of hydrogen-bond donors (Lipinski definition) is 1. The molecule has 18 heavy (non-hydrogen) atoms. The van der Waals surface area contributed by atoms with Crippen molar-refractivity contribution in [2.24, 2.45) is 7.05 Å². The second-order valence-electron chi connectivity index (χ2n) is 4.60. The second kappa shape index (κ2) is 5.78. The van der Waals surface area contributed by atoms with Crippen LogP contribution < -0.4 is 5.32 Å². The normalized spacial score (nSPS) is 14.4. The van der Waals surface area contributed by atoms with E-state index in [1.54, 1.807) is 6.33 Å². The van der Waals surface area contributed by atoms with Crippen molar-refractivity contribution in [2.45, 2.75) is 25.3 Å². The summed E-state index contributed by atoms with van der Waals surface area (Å²) in [6.45, 7) is 2.24. The van der Waals surface area contributed by atoms with Gasteiger partial charge in [0, 0.05) is 19.5 Å². The van der Waals surface area contributed by atoms with Gasteiger partial charge in [0.05, 0.1) is 0 Å². The minimum Gasteiger partial charge on any atom is -0.316 e. The first-order chi connectivity index (χ1) is 8.72. The summed E-state index contributed by atoms with van der Waals surface area (Å²) >= 11 is 0. The van der Waals surface area contributed by atoms with E-state index in [1.807, 2.05) is 24.8 Å². The zero-order chi connectivity index (χ0) is 13.0. The molecule has 0 fully saturated rings. The molecule has 4 heteroatoms. The monoisotopic (exact) mass is 244 g/mol. The van der Waals surface area contributed by atoms with Gasteiger partial charge in [0.2, 0.25) is 0 Å². The topological polar surface area (TPSA) is 42.7 Å². The minimum atomic E-state index is 0.357. The van der Waals surface area contributed by atoms with Gasteiger partial charge < -0.3 is 5.32 Å². The zero-order valence-corrected chi connectivity index (χ0v) is 11.2. The van der Waals surface area contributed by atoms with E-state index in [4.69, 9.17) is 0 Å². The smallest absolute Gasteiger partial charge is 0.138 e. The van der Waals surface area contributed by atoms with Crippen molar-refractivity contribution >= 4 is 0 Å². The third-order valence-corrected chi connectivity index (χ3v) is 3.51. The Hall–Kier alpha value is -1.68. The molecule has 0 amide bonds. The molecule has 2 unspecified atom stereocenters. The summed E-state index contributed by atoms with van der Waals surface area (Å²) in [6.07, 6.45) is 2.48. The van der Waals surface area contributed by atoms with Crippen molar-refractivity contribution < 1.29 is 0 Å². The lowest BCUT2D eigenvalue weighted by molar-refractivity contribution is 0.465. The fraction of sp³-hybridized carbons (Fsp3) is 0.429. The summed E-state index contributed by atoms with van der Waals surface area (Å²) in [5.41, 5.74) is 1.35. The van der Waals surface area contributed by atoms with Crippen LogP contribution in [0.3, 0.4) is 0 Å². The van der Waals surface area contributed by atoms with Crippen molar-refractivity contribution in [1.29, 1.82) is 0 Å². The number of aromatic nitrogens is 3. The van der Waals surface area contributed by atoms with Gasteiger partial charge in [0.1, 0.15) is 12.2 Å². The lowest BCUT2D eigenvalue weighted by atomic mass is 9.91. The van der Waals surface area contributed by atoms with Crippen LogP contribution >= 0.6 is 0 Å². The van der Waals surface area contributed by atoms with Crippen LogP contribution in [0.4, 0.5) is 0 Å². The molecule has 4 nitrogen and oxygen atoms in total. The van der Waals surface area contributed by atoms with Gasteiger partial charge >= 0.3 is 0 Å². The second-order valence-corrected chi connectivity index (χ2v) is 4.60. The molecule has 1 aromatic heterocycles. The van der Waals surface area contributed by atoms with Crippen LogP contribution in [-0.4, -0.2) is 27.9 Å². The van der Waals surface area contributed by atoms with Crippen molar-refractivity contribution in [3.63, 3.8) is 0 Å². The standard InChI is InChI=1S/C14H20N4/c1-11(12-7-5-4-6-8-12)13(15-2)9-14-16-10-17-18(14)3/h4-8,10-11,13,15H,9H2,1-3H3. The van der Waals surface area contributed by atoms with E-state index in [0.29, 0.717) is 12.0 Å². The van der Waals surface area contributed by atoms with Gasteiger partial charge in [-0.05, 0) is 18.5 Å². The molecule has 1 heterocycles. The summed E-state index contributed by atoms with van der Waals surface area (Å²) in [4.78, 5) is 4.29. The van der Waals surface area contributed by atoms with Gasteiger partial charge in [-0.2, -0.15) is 5.10 Å². The molecule has 0 aliphatic carbocycles. The first-order valence-corrected chi connectivity index (χ1v) is 6.27. The Balaban J connectivity index is 2.12. The third-order valence-electron chi connectivity index (χ3n) is 3.51. The zero-order valence-electron chi connectivity index (χ0n) is 11.2. The Morgan fingerprint density at radius 3 is 2.56 bits per heavy atom. The molecule has 2 rings (SSSR count). The highest BCUT2D eigenvalue weighted by molar-refractivity contribution is 5.21. The molecule has 0 bridgehead atoms. The highest BCUT2D eigenvalue weighted by Gasteiger charge is 2.19. The maximum absolute atomic E-state index is 4.29. The van der Waals surface area contributed by atoms with Crippen LogP contribution in [0.15, 0.2) is 36.7 Å². The number of nitrogens with zero attached hydrogens (tertiary/aromatic N) is 3. The van der Waals surface area contributed by atoms with E-state index in [2.05, 4.69) is 46.6 Å². The van der Waals surface area contributed by atoms with Crippen molar-refractivity contribution in [2.75, 3.05) is 7.05 Å². The Morgan fingerprint density at radius 1 is 1.28 bits per heavy atom. The lowest BCUT2D eigenvalue weighted by Crippen LogP contribution is -2.33. The van der Waals surface area contributed by atoms with Gasteiger partial charge in [0.15, 0.2) is 0 Å². The van der Waals surface area contributed by atoms with Crippen molar-refractivity contribution in [1.82, 2.24) is 20.1 Å². The largest absolute Gasteiger partial charge is 0.316 e. The first-order valence-electron chi connectivity index (χ1n) is 6.27. The molecular formula is C14H20N4. The molecule has 2 aromatic rings. The molecule has 96 valence electrons. The molecule has 1 aromatic carbocycles. The summed E-state index contributed by atoms with van der Waals surface area (Å²) in [7, 11) is 3.93. The van der Waals surface area contributed by atoms with E-state index in [-0.39, 0.29) is 0 Å². The fourth-order valence-corrected chi connectivity index (χ4v) is 2.22. The Bertz CT molecular complexity index is 478. The fourth-order valence-electron chi connectivity index (χ4n) is 2.22. The Kier molecular flexibility index (Phi) is 4.10. The molecule has 0 saturated heterocycles. The maximum atomic E-state index is 4.29. The number of likely N-dealkylation sites (N-methyl/N-ethyl adjacent to an activating group) is 1. The summed E-state index contributed by atoms with van der Waals surface area (Å²) in [6, 6.07) is 10.9. The van der Waals surface area contributed by atoms with Crippen LogP contribution in [0.25, 0.3) is 0 Å². The number of nitrogens with one attached hydrogen (secondary N) is 1. The average molecular weight is 244 g/mol. The van der Waals surface area contributed by atoms with Gasteiger partial charge in [0.25, 0.3) is 0 Å². The van der Waals surface area contributed by atoms with Crippen LogP contribution in [-0.2, 0) is 13.5 Å². The third kappa shape index (κ3) is 2.76. The molecule has 0 radical (unpaired) electrons. The van der Waals surface area contributed by atoms with Gasteiger partial charge in [-0.3, -0.25) is 4.68 Å². The van der Waals surface area contributed by atoms with E-state index in [9.17, 15) is 0 Å². The van der Waals surface area contributed by atoms with E-state index in [0.717, 1.165) is 12.2 Å². The molecule has 0 saturated carbocycles. The molecule has 0 aliphatic rings. The summed E-state index contributed by atoms with van der Waals surface area (Å²) < 4.78 is 1.84. The predicted octanol–water partition coefficient (Wildman–Crippen LogP) is 1.75. The maximum Gasteiger partial charge on any atom is 0.138 e. The molecule has 0 aliphatic heterocycles. The Labute approximate surface area is 108 Å². The number of benzene rings is 1. The molecule has 0 spiro atoms. The van der Waals surface area contributed by atoms with Crippen LogP contribution in [0.2, 0.25) is 0 Å². The summed E-state index contributed by atoms with van der Waals surface area (Å²) in [5, 5.41) is 7.50. The highest BCUT2D eigenvalue weighted by atomic mass is 15.3. The van der Waals surface area contributed by atoms with Crippen LogP contribution in [0.5, 0.6) is 0 Å². The van der Waals surface area contributed by atoms with Gasteiger partial charge in [-0.1, -0.05) is 37.3 Å². The Morgan fingerprint density at radius 2 is 2.00 bits per heavy atom. The van der Waals surface area contributed by atoms with Crippen LogP contribution in [0, 0.1) is 0 Å². The molecule has 2 atom stereocenters. The number of aryl methyl sites for hydroxylation is 1.